The smallest absolute Gasteiger partial charge is 0.191 e. The lowest BCUT2D eigenvalue weighted by atomic mass is 9.87. The number of aromatic nitrogens is 2. The first kappa shape index (κ1) is 13.2. The van der Waals surface area contributed by atoms with Crippen LogP contribution < -0.4 is 5.73 Å². The molecule has 1 fully saturated rings. The molecular weight excluding hydrogens is 274 g/mol. The fraction of sp³-hybridized carbons (Fsp3) is 0.571. The van der Waals surface area contributed by atoms with Gasteiger partial charge in [0.05, 0.1) is 5.39 Å². The van der Waals surface area contributed by atoms with Gasteiger partial charge in [-0.1, -0.05) is 37.9 Å². The van der Waals surface area contributed by atoms with Crippen LogP contribution in [-0.2, 0) is 0 Å². The van der Waals surface area contributed by atoms with E-state index in [2.05, 4.69) is 16.9 Å². The number of anilines is 1. The van der Waals surface area contributed by atoms with Crippen LogP contribution in [0.1, 0.15) is 39.0 Å². The van der Waals surface area contributed by atoms with Crippen molar-refractivity contribution in [3.8, 4) is 0 Å². The van der Waals surface area contributed by atoms with Crippen molar-refractivity contribution in [3.63, 3.8) is 0 Å². The molecule has 2 atom stereocenters. The Morgan fingerprint density at radius 3 is 3.16 bits per heavy atom. The molecule has 1 saturated carbocycles. The van der Waals surface area contributed by atoms with Crippen molar-refractivity contribution in [2.45, 2.75) is 49.4 Å². The van der Waals surface area contributed by atoms with Crippen molar-refractivity contribution >= 4 is 39.1 Å². The maximum Gasteiger partial charge on any atom is 0.191 e. The monoisotopic (exact) mass is 293 g/mol. The standard InChI is InChI=1S/C14H19N3S2/c1-2-9-4-3-5-10(8-9)19-14-16-12(15)11-6-7-18-13(11)17-14/h6-7,9-10H,2-5,8H2,1H3,(H2,15,16,17). The van der Waals surface area contributed by atoms with Crippen LogP contribution in [0.5, 0.6) is 0 Å². The summed E-state index contributed by atoms with van der Waals surface area (Å²) in [6.07, 6.45) is 6.61. The summed E-state index contributed by atoms with van der Waals surface area (Å²) in [6, 6.07) is 2.00. The molecule has 3 rings (SSSR count). The number of nitrogen functional groups attached to an aromatic ring is 1. The lowest BCUT2D eigenvalue weighted by Crippen LogP contribution is -2.17. The van der Waals surface area contributed by atoms with E-state index < -0.39 is 0 Å². The van der Waals surface area contributed by atoms with Gasteiger partial charge in [0, 0.05) is 5.25 Å². The molecule has 0 radical (unpaired) electrons. The molecule has 0 amide bonds. The fourth-order valence-corrected chi connectivity index (χ4v) is 4.85. The van der Waals surface area contributed by atoms with E-state index >= 15 is 0 Å². The molecule has 19 heavy (non-hydrogen) atoms. The normalized spacial score (nSPS) is 23.8. The molecule has 102 valence electrons. The summed E-state index contributed by atoms with van der Waals surface area (Å²) in [6.45, 7) is 2.30. The van der Waals surface area contributed by atoms with Gasteiger partial charge in [-0.05, 0) is 30.2 Å². The molecule has 0 spiro atoms. The Labute approximate surface area is 122 Å². The average molecular weight is 293 g/mol. The lowest BCUT2D eigenvalue weighted by Gasteiger charge is -2.27. The Balaban J connectivity index is 1.77. The Bertz CT molecular complexity index is 567. The molecule has 2 unspecified atom stereocenters. The van der Waals surface area contributed by atoms with Gasteiger partial charge in [0.1, 0.15) is 10.6 Å². The van der Waals surface area contributed by atoms with Crippen molar-refractivity contribution in [3.05, 3.63) is 11.4 Å². The Morgan fingerprint density at radius 1 is 1.42 bits per heavy atom. The summed E-state index contributed by atoms with van der Waals surface area (Å²) in [4.78, 5) is 10.1. The van der Waals surface area contributed by atoms with Gasteiger partial charge in [-0.25, -0.2) is 9.97 Å². The third kappa shape index (κ3) is 2.87. The summed E-state index contributed by atoms with van der Waals surface area (Å²) < 4.78 is 0. The van der Waals surface area contributed by atoms with Crippen molar-refractivity contribution in [2.24, 2.45) is 5.92 Å². The van der Waals surface area contributed by atoms with Crippen molar-refractivity contribution < 1.29 is 0 Å². The highest BCUT2D eigenvalue weighted by Crippen LogP contribution is 2.37. The highest BCUT2D eigenvalue weighted by molar-refractivity contribution is 7.99. The number of hydrogen-bond acceptors (Lipinski definition) is 5. The minimum atomic E-state index is 0.622. The van der Waals surface area contributed by atoms with Crippen molar-refractivity contribution in [2.75, 3.05) is 5.73 Å². The number of thioether (sulfide) groups is 1. The zero-order chi connectivity index (χ0) is 13.2. The number of hydrogen-bond donors (Lipinski definition) is 1. The molecule has 2 aromatic heterocycles. The highest BCUT2D eigenvalue weighted by Gasteiger charge is 2.22. The van der Waals surface area contributed by atoms with E-state index in [1.165, 1.54) is 32.1 Å². The summed E-state index contributed by atoms with van der Waals surface area (Å²) in [5.41, 5.74) is 6.00. The number of fused-ring (bicyclic) bond motifs is 1. The van der Waals surface area contributed by atoms with Gasteiger partial charge in [-0.15, -0.1) is 11.3 Å². The first-order valence-corrected chi connectivity index (χ1v) is 8.69. The average Bonchev–Trinajstić information content (AvgIpc) is 2.88. The van der Waals surface area contributed by atoms with Gasteiger partial charge in [0.2, 0.25) is 0 Å². The Hall–Kier alpha value is -0.810. The second-order valence-corrected chi connectivity index (χ2v) is 7.37. The van der Waals surface area contributed by atoms with E-state index in [1.807, 2.05) is 23.2 Å². The molecule has 1 aliphatic carbocycles. The van der Waals surface area contributed by atoms with Gasteiger partial charge in [0.25, 0.3) is 0 Å². The minimum absolute atomic E-state index is 0.622. The van der Waals surface area contributed by atoms with Gasteiger partial charge in [-0.2, -0.15) is 0 Å². The first-order chi connectivity index (χ1) is 9.26. The predicted molar refractivity (Wildman–Crippen MR) is 83.7 cm³/mol. The SMILES string of the molecule is CCC1CCCC(Sc2nc(N)c3ccsc3n2)C1. The molecule has 2 aromatic rings. The molecule has 2 heterocycles. The molecule has 1 aliphatic rings. The zero-order valence-electron chi connectivity index (χ0n) is 11.1. The molecule has 0 aromatic carbocycles. The third-order valence-corrected chi connectivity index (χ3v) is 5.88. The Kier molecular flexibility index (Phi) is 3.93. The van der Waals surface area contributed by atoms with Crippen LogP contribution in [0.4, 0.5) is 5.82 Å². The largest absolute Gasteiger partial charge is 0.383 e. The van der Waals surface area contributed by atoms with Gasteiger partial charge in [-0.3, -0.25) is 0 Å². The predicted octanol–water partition coefficient (Wildman–Crippen LogP) is 4.33. The number of rotatable bonds is 3. The van der Waals surface area contributed by atoms with Crippen LogP contribution in [0.25, 0.3) is 10.2 Å². The minimum Gasteiger partial charge on any atom is -0.383 e. The van der Waals surface area contributed by atoms with Crippen LogP contribution in [-0.4, -0.2) is 15.2 Å². The van der Waals surface area contributed by atoms with Crippen molar-refractivity contribution in [1.82, 2.24) is 9.97 Å². The summed E-state index contributed by atoms with van der Waals surface area (Å²) in [5.74, 6) is 1.51. The third-order valence-electron chi connectivity index (χ3n) is 3.92. The van der Waals surface area contributed by atoms with Crippen LogP contribution in [0, 0.1) is 5.92 Å². The van der Waals surface area contributed by atoms with E-state index in [-0.39, 0.29) is 0 Å². The maximum absolute atomic E-state index is 6.00. The van der Waals surface area contributed by atoms with Gasteiger partial charge in [0.15, 0.2) is 5.16 Å². The van der Waals surface area contributed by atoms with E-state index in [0.717, 1.165) is 21.3 Å². The lowest BCUT2D eigenvalue weighted by molar-refractivity contribution is 0.357. The highest BCUT2D eigenvalue weighted by atomic mass is 32.2. The summed E-state index contributed by atoms with van der Waals surface area (Å²) in [5, 5.41) is 4.53. The zero-order valence-corrected chi connectivity index (χ0v) is 12.8. The number of thiophene rings is 1. The molecule has 5 heteroatoms. The van der Waals surface area contributed by atoms with Crippen LogP contribution in [0.2, 0.25) is 0 Å². The van der Waals surface area contributed by atoms with Crippen LogP contribution in [0.15, 0.2) is 16.6 Å². The fourth-order valence-electron chi connectivity index (χ4n) is 2.78. The maximum atomic E-state index is 6.00. The molecule has 3 nitrogen and oxygen atoms in total. The second-order valence-electron chi connectivity index (χ2n) is 5.21. The number of nitrogens with zero attached hydrogens (tertiary/aromatic N) is 2. The first-order valence-electron chi connectivity index (χ1n) is 6.93. The van der Waals surface area contributed by atoms with Crippen LogP contribution in [0.3, 0.4) is 0 Å². The summed E-state index contributed by atoms with van der Waals surface area (Å²) >= 11 is 3.46. The molecule has 2 N–H and O–H groups in total. The quantitative estimate of drug-likeness (QED) is 0.856. The second kappa shape index (κ2) is 5.67. The van der Waals surface area contributed by atoms with E-state index in [0.29, 0.717) is 11.1 Å². The Morgan fingerprint density at radius 2 is 2.32 bits per heavy atom. The van der Waals surface area contributed by atoms with Crippen molar-refractivity contribution in [1.29, 1.82) is 0 Å². The van der Waals surface area contributed by atoms with Crippen LogP contribution >= 0.6 is 23.1 Å². The summed E-state index contributed by atoms with van der Waals surface area (Å²) in [7, 11) is 0. The van der Waals surface area contributed by atoms with E-state index in [1.54, 1.807) is 11.3 Å². The van der Waals surface area contributed by atoms with Gasteiger partial charge >= 0.3 is 0 Å². The molecule has 0 saturated heterocycles. The van der Waals surface area contributed by atoms with E-state index in [9.17, 15) is 0 Å². The van der Waals surface area contributed by atoms with Gasteiger partial charge < -0.3 is 5.73 Å². The molecule has 0 bridgehead atoms. The molecule has 0 aliphatic heterocycles. The molecular formula is C14H19N3S2. The number of nitrogens with two attached hydrogens (primary N) is 1. The topological polar surface area (TPSA) is 51.8 Å². The van der Waals surface area contributed by atoms with E-state index in [4.69, 9.17) is 5.73 Å².